The smallest absolute Gasteiger partial charge is 0.335 e. The van der Waals surface area contributed by atoms with E-state index in [9.17, 15) is 38.7 Å². The van der Waals surface area contributed by atoms with Crippen LogP contribution in [0.5, 0.6) is 11.5 Å². The number of nitrogens with two attached hydrogens (primary N) is 1. The fourth-order valence-corrected chi connectivity index (χ4v) is 5.29. The van der Waals surface area contributed by atoms with Gasteiger partial charge in [0, 0.05) is 46.1 Å². The molecule has 17 heteroatoms. The van der Waals surface area contributed by atoms with Crippen LogP contribution in [0.15, 0.2) is 109 Å². The summed E-state index contributed by atoms with van der Waals surface area (Å²) in [6.07, 6.45) is 1.96. The number of aromatic nitrogens is 1. The second kappa shape index (κ2) is 18.5. The van der Waals surface area contributed by atoms with Crippen molar-refractivity contribution in [2.45, 2.75) is 32.4 Å². The number of amides is 6. The van der Waals surface area contributed by atoms with Gasteiger partial charge in [-0.3, -0.25) is 33.8 Å². The molecular weight excluding hydrogens is 750 g/mol. The Hall–Kier alpha value is -8.08. The molecule has 0 saturated heterocycles. The van der Waals surface area contributed by atoms with Crippen LogP contribution in [0, 0.1) is 0 Å². The molecule has 0 unspecified atom stereocenters. The number of carboxylic acid groups (broad SMARTS) is 1. The fourth-order valence-electron chi connectivity index (χ4n) is 5.29. The van der Waals surface area contributed by atoms with Crippen molar-refractivity contribution in [3.05, 3.63) is 137 Å². The van der Waals surface area contributed by atoms with Gasteiger partial charge >= 0.3 is 5.97 Å². The number of hydrogen-bond donors (Lipinski definition) is 8. The van der Waals surface area contributed by atoms with E-state index in [2.05, 4.69) is 31.6 Å². The van der Waals surface area contributed by atoms with Crippen LogP contribution in [-0.4, -0.2) is 68.8 Å². The number of pyridine rings is 1. The molecule has 1 atom stereocenters. The van der Waals surface area contributed by atoms with Crippen molar-refractivity contribution >= 4 is 64.2 Å². The van der Waals surface area contributed by atoms with Crippen molar-refractivity contribution < 1.29 is 48.5 Å². The number of anilines is 4. The molecule has 58 heavy (non-hydrogen) atoms. The number of aromatic carboxylic acids is 1. The first-order valence-corrected chi connectivity index (χ1v) is 17.5. The molecule has 1 aromatic heterocycles. The molecule has 0 radical (unpaired) electrons. The first-order valence-electron chi connectivity index (χ1n) is 17.5. The summed E-state index contributed by atoms with van der Waals surface area (Å²) in [5.74, 6) is -5.90. The Morgan fingerprint density at radius 3 is 1.64 bits per heavy atom. The highest BCUT2D eigenvalue weighted by atomic mass is 16.5. The highest BCUT2D eigenvalue weighted by Crippen LogP contribution is 2.39. The van der Waals surface area contributed by atoms with E-state index in [0.29, 0.717) is 11.3 Å². The van der Waals surface area contributed by atoms with E-state index in [4.69, 9.17) is 15.6 Å². The Bertz CT molecular complexity index is 2350. The average Bonchev–Trinajstić information content (AvgIpc) is 3.19. The maximum atomic E-state index is 13.3. The molecule has 5 aromatic rings. The van der Waals surface area contributed by atoms with Gasteiger partial charge in [-0.15, -0.1) is 0 Å². The summed E-state index contributed by atoms with van der Waals surface area (Å²) in [4.78, 5) is 91.8. The van der Waals surface area contributed by atoms with Crippen LogP contribution in [0.2, 0.25) is 0 Å². The Balaban J connectivity index is 1.22. The summed E-state index contributed by atoms with van der Waals surface area (Å²) >= 11 is 0. The molecule has 296 valence electrons. The Labute approximate surface area is 330 Å². The largest absolute Gasteiger partial charge is 0.504 e. The van der Waals surface area contributed by atoms with Gasteiger partial charge in [0.25, 0.3) is 23.6 Å². The number of rotatable bonds is 15. The highest BCUT2D eigenvalue weighted by Gasteiger charge is 2.25. The molecule has 9 N–H and O–H groups in total. The lowest BCUT2D eigenvalue weighted by Crippen LogP contribution is -2.46. The Morgan fingerprint density at radius 2 is 1.10 bits per heavy atom. The molecule has 17 nitrogen and oxygen atoms in total. The summed E-state index contributed by atoms with van der Waals surface area (Å²) in [5.41, 5.74) is 6.81. The lowest BCUT2D eigenvalue weighted by atomic mass is 10.1. The number of phenolic OH excluding ortho intramolecular Hbond substituents is 1. The van der Waals surface area contributed by atoms with Crippen LogP contribution in [0.25, 0.3) is 0 Å². The normalized spacial score (nSPS) is 11.1. The summed E-state index contributed by atoms with van der Waals surface area (Å²) in [7, 11) is 0. The van der Waals surface area contributed by atoms with Crippen molar-refractivity contribution in [1.29, 1.82) is 0 Å². The van der Waals surface area contributed by atoms with E-state index in [1.165, 1.54) is 97.3 Å². The van der Waals surface area contributed by atoms with E-state index in [-0.39, 0.29) is 51.0 Å². The molecule has 0 aliphatic heterocycles. The van der Waals surface area contributed by atoms with Crippen LogP contribution in [0.4, 0.5) is 22.7 Å². The minimum atomic E-state index is -1.37. The molecule has 0 saturated carbocycles. The van der Waals surface area contributed by atoms with Gasteiger partial charge < -0.3 is 47.3 Å². The molecule has 0 fully saturated rings. The number of benzene rings is 4. The number of nitrogens with one attached hydrogen (secondary N) is 5. The van der Waals surface area contributed by atoms with Crippen LogP contribution < -0.4 is 37.1 Å². The monoisotopic (exact) mass is 787 g/mol. The maximum absolute atomic E-state index is 13.3. The third-order valence-electron chi connectivity index (χ3n) is 8.16. The highest BCUT2D eigenvalue weighted by molar-refractivity contribution is 6.10. The van der Waals surface area contributed by atoms with E-state index >= 15 is 0 Å². The van der Waals surface area contributed by atoms with Gasteiger partial charge in [0.2, 0.25) is 11.8 Å². The standard InChI is InChI=1S/C41H37N7O10/c1-22(2)58-35-31(16-15-30(34(35)50)39(54)45-28-13-7-26(8-14-28)41(56)57)47-37(52)23-5-11-29(12-6-23)46-40(55)32(21-33(42)49)48-38(53)24-3-9-27(10-4-24)44-36(51)25-17-19-43-20-18-25/h3-20,22,32,50H,21H2,1-2H3,(H2,42,49)(H,44,51)(H,45,54)(H,46,55)(H,47,52)(H,48,53)(H,56,57)/t32-/m0/s1. The second-order valence-corrected chi connectivity index (χ2v) is 12.8. The number of carboxylic acids is 1. The number of ether oxygens (including phenoxy) is 1. The van der Waals surface area contributed by atoms with Crippen molar-refractivity contribution in [2.24, 2.45) is 5.73 Å². The van der Waals surface area contributed by atoms with Crippen LogP contribution in [0.1, 0.15) is 72.1 Å². The van der Waals surface area contributed by atoms with Crippen molar-refractivity contribution in [3.8, 4) is 11.5 Å². The quantitative estimate of drug-likeness (QED) is 0.0724. The van der Waals surface area contributed by atoms with Crippen LogP contribution in [0.3, 0.4) is 0 Å². The Kier molecular flexibility index (Phi) is 13.1. The van der Waals surface area contributed by atoms with Gasteiger partial charge in [-0.05, 0) is 111 Å². The lowest BCUT2D eigenvalue weighted by molar-refractivity contribution is -0.123. The zero-order valence-corrected chi connectivity index (χ0v) is 30.9. The summed E-state index contributed by atoms with van der Waals surface area (Å²) < 4.78 is 5.76. The number of carbonyl (C=O) groups excluding carboxylic acids is 6. The van der Waals surface area contributed by atoms with Gasteiger partial charge in [-0.25, -0.2) is 4.79 Å². The topological polar surface area (TPSA) is 268 Å². The number of phenols is 1. The first kappa shape index (κ1) is 41.1. The van der Waals surface area contributed by atoms with E-state index in [0.717, 1.165) is 0 Å². The molecule has 0 aliphatic carbocycles. The minimum Gasteiger partial charge on any atom is -0.504 e. The number of carbonyl (C=O) groups is 7. The summed E-state index contributed by atoms with van der Waals surface area (Å²) in [5, 5.41) is 33.2. The van der Waals surface area contributed by atoms with Crippen molar-refractivity contribution in [1.82, 2.24) is 10.3 Å². The number of primary amides is 1. The van der Waals surface area contributed by atoms with Gasteiger partial charge in [0.05, 0.1) is 29.3 Å². The third-order valence-corrected chi connectivity index (χ3v) is 8.16. The van der Waals surface area contributed by atoms with Crippen molar-refractivity contribution in [2.75, 3.05) is 21.3 Å². The zero-order chi connectivity index (χ0) is 41.9. The molecule has 0 spiro atoms. The maximum Gasteiger partial charge on any atom is 0.335 e. The summed E-state index contributed by atoms with van der Waals surface area (Å²) in [6.45, 7) is 3.36. The molecule has 0 bridgehead atoms. The first-order chi connectivity index (χ1) is 27.7. The van der Waals surface area contributed by atoms with E-state index in [1.807, 2.05) is 0 Å². The van der Waals surface area contributed by atoms with Gasteiger partial charge in [0.15, 0.2) is 11.5 Å². The molecule has 6 amide bonds. The average molecular weight is 788 g/mol. The minimum absolute atomic E-state index is 0.0232. The third kappa shape index (κ3) is 10.8. The second-order valence-electron chi connectivity index (χ2n) is 12.8. The van der Waals surface area contributed by atoms with Gasteiger partial charge in [0.1, 0.15) is 6.04 Å². The molecule has 1 heterocycles. The number of nitrogens with zero attached hydrogens (tertiary/aromatic N) is 1. The SMILES string of the molecule is CC(C)Oc1c(NC(=O)c2ccc(NC(=O)[C@H](CC(N)=O)NC(=O)c3ccc(NC(=O)c4ccncc4)cc3)cc2)ccc(C(=O)Nc2ccc(C(=O)O)cc2)c1O. The summed E-state index contributed by atoms with van der Waals surface area (Å²) in [6, 6.07) is 21.2. The molecule has 0 aliphatic rings. The molecular formula is C41H37N7O10. The Morgan fingerprint density at radius 1 is 0.621 bits per heavy atom. The van der Waals surface area contributed by atoms with Gasteiger partial charge in [-0.2, -0.15) is 0 Å². The molecule has 4 aromatic carbocycles. The van der Waals surface area contributed by atoms with Crippen LogP contribution in [-0.2, 0) is 9.59 Å². The predicted molar refractivity (Wildman–Crippen MR) is 212 cm³/mol. The van der Waals surface area contributed by atoms with Crippen LogP contribution >= 0.6 is 0 Å². The number of hydrogen-bond acceptors (Lipinski definition) is 10. The van der Waals surface area contributed by atoms with E-state index in [1.54, 1.807) is 26.0 Å². The predicted octanol–water partition coefficient (Wildman–Crippen LogP) is 4.64. The fraction of sp³-hybridized carbons (Fsp3) is 0.122. The van der Waals surface area contributed by atoms with E-state index < -0.39 is 59.8 Å². The van der Waals surface area contributed by atoms with Crippen molar-refractivity contribution in [3.63, 3.8) is 0 Å². The molecule has 5 rings (SSSR count). The van der Waals surface area contributed by atoms with Gasteiger partial charge in [-0.1, -0.05) is 0 Å². The lowest BCUT2D eigenvalue weighted by Gasteiger charge is -2.19. The number of aromatic hydroxyl groups is 1. The zero-order valence-electron chi connectivity index (χ0n) is 30.9.